The molecule has 7 nitrogen and oxygen atoms in total. The van der Waals surface area contributed by atoms with Gasteiger partial charge >= 0.3 is 0 Å². The van der Waals surface area contributed by atoms with Crippen molar-refractivity contribution in [3.8, 4) is 0 Å². The quantitative estimate of drug-likeness (QED) is 0.641. The third kappa shape index (κ3) is 3.29. The minimum Gasteiger partial charge on any atom is -0.337 e. The topological polar surface area (TPSA) is 66.6 Å². The van der Waals surface area contributed by atoms with Crippen molar-refractivity contribution < 1.29 is 4.79 Å². The van der Waals surface area contributed by atoms with Gasteiger partial charge in [-0.05, 0) is 47.0 Å². The summed E-state index contributed by atoms with van der Waals surface area (Å²) in [6, 6.07) is 3.83. The van der Waals surface area contributed by atoms with Gasteiger partial charge in [0, 0.05) is 49.2 Å². The van der Waals surface area contributed by atoms with E-state index in [1.807, 2.05) is 35.4 Å². The van der Waals surface area contributed by atoms with E-state index in [0.29, 0.717) is 24.7 Å². The van der Waals surface area contributed by atoms with Crippen LogP contribution in [0.3, 0.4) is 0 Å². The van der Waals surface area contributed by atoms with E-state index in [4.69, 9.17) is 4.98 Å². The lowest BCUT2D eigenvalue weighted by atomic mass is 10.2. The first-order chi connectivity index (χ1) is 13.1. The number of imidazole rings is 1. The van der Waals surface area contributed by atoms with Crippen LogP contribution in [0, 0.1) is 6.92 Å². The van der Waals surface area contributed by atoms with Gasteiger partial charge < -0.3 is 9.80 Å². The number of carbonyl (C=O) groups is 1. The Morgan fingerprint density at radius 1 is 1.19 bits per heavy atom. The molecule has 1 aliphatic heterocycles. The molecule has 0 unspecified atom stereocenters. The second kappa shape index (κ2) is 7.26. The van der Waals surface area contributed by atoms with E-state index in [1.54, 1.807) is 18.5 Å². The van der Waals surface area contributed by atoms with Gasteiger partial charge in [-0.3, -0.25) is 9.20 Å². The summed E-state index contributed by atoms with van der Waals surface area (Å²) in [5.74, 6) is 0.749. The summed E-state index contributed by atoms with van der Waals surface area (Å²) in [5.41, 5.74) is 3.40. The van der Waals surface area contributed by atoms with E-state index in [2.05, 4.69) is 30.8 Å². The predicted octanol–water partition coefficient (Wildman–Crippen LogP) is 2.72. The van der Waals surface area contributed by atoms with Crippen molar-refractivity contribution in [2.24, 2.45) is 0 Å². The van der Waals surface area contributed by atoms with Crippen LogP contribution in [0.5, 0.6) is 0 Å². The summed E-state index contributed by atoms with van der Waals surface area (Å²) in [6.45, 7) is 6.77. The number of aromatic nitrogens is 4. The molecule has 0 saturated carbocycles. The largest absolute Gasteiger partial charge is 0.337 e. The van der Waals surface area contributed by atoms with Gasteiger partial charge in [0.05, 0.1) is 5.69 Å². The molecule has 0 aliphatic carbocycles. The molecule has 0 bridgehead atoms. The van der Waals surface area contributed by atoms with Crippen molar-refractivity contribution in [2.45, 2.75) is 20.3 Å². The van der Waals surface area contributed by atoms with Crippen LogP contribution >= 0.6 is 15.9 Å². The third-order valence-corrected chi connectivity index (χ3v) is 5.32. The number of halogens is 1. The molecule has 4 heterocycles. The van der Waals surface area contributed by atoms with Gasteiger partial charge in [-0.1, -0.05) is 6.92 Å². The van der Waals surface area contributed by atoms with Crippen LogP contribution in [0.25, 0.3) is 5.65 Å². The van der Waals surface area contributed by atoms with Gasteiger partial charge in [0.25, 0.3) is 5.91 Å². The summed E-state index contributed by atoms with van der Waals surface area (Å²) in [5, 5.41) is 0. The van der Waals surface area contributed by atoms with E-state index in [1.165, 1.54) is 0 Å². The Morgan fingerprint density at radius 3 is 2.56 bits per heavy atom. The number of hydrogen-bond acceptors (Lipinski definition) is 5. The normalized spacial score (nSPS) is 14.8. The molecule has 0 spiro atoms. The third-order valence-electron chi connectivity index (χ3n) is 4.88. The highest BCUT2D eigenvalue weighted by Gasteiger charge is 2.28. The molecular formula is C19H21BrN6O. The van der Waals surface area contributed by atoms with Crippen LogP contribution in [0.15, 0.2) is 35.2 Å². The van der Waals surface area contributed by atoms with Crippen LogP contribution < -0.4 is 4.90 Å². The minimum absolute atomic E-state index is 0.0329. The van der Waals surface area contributed by atoms with Gasteiger partial charge in [-0.15, -0.1) is 0 Å². The minimum atomic E-state index is 0.0329. The van der Waals surface area contributed by atoms with Crippen molar-refractivity contribution in [3.63, 3.8) is 0 Å². The Labute approximate surface area is 166 Å². The molecule has 0 N–H and O–H groups in total. The summed E-state index contributed by atoms with van der Waals surface area (Å²) in [6.07, 6.45) is 6.13. The Bertz CT molecular complexity index is 979. The molecule has 0 radical (unpaired) electrons. The second-order valence-electron chi connectivity index (χ2n) is 6.62. The molecule has 0 atom stereocenters. The Hall–Kier alpha value is -2.48. The maximum absolute atomic E-state index is 13.3. The van der Waals surface area contributed by atoms with E-state index in [0.717, 1.165) is 40.9 Å². The molecule has 3 aromatic rings. The lowest BCUT2D eigenvalue weighted by molar-refractivity contribution is 0.0738. The van der Waals surface area contributed by atoms with E-state index >= 15 is 0 Å². The molecule has 1 amide bonds. The number of nitrogens with zero attached hydrogens (tertiary/aromatic N) is 6. The fourth-order valence-corrected chi connectivity index (χ4v) is 4.05. The predicted molar refractivity (Wildman–Crippen MR) is 107 cm³/mol. The SMILES string of the molecule is CCc1nc2c(C)cc(Br)cn2c1C(=O)N1CCN(c2ncccn2)CC1. The number of anilines is 1. The summed E-state index contributed by atoms with van der Waals surface area (Å²) in [4.78, 5) is 30.7. The van der Waals surface area contributed by atoms with Crippen molar-refractivity contribution >= 4 is 33.4 Å². The average molecular weight is 429 g/mol. The maximum Gasteiger partial charge on any atom is 0.272 e. The fourth-order valence-electron chi connectivity index (χ4n) is 3.50. The summed E-state index contributed by atoms with van der Waals surface area (Å²) >= 11 is 3.53. The molecule has 27 heavy (non-hydrogen) atoms. The van der Waals surface area contributed by atoms with Crippen LogP contribution in [-0.4, -0.2) is 56.3 Å². The van der Waals surface area contributed by atoms with Crippen LogP contribution in [-0.2, 0) is 6.42 Å². The highest BCUT2D eigenvalue weighted by Crippen LogP contribution is 2.23. The van der Waals surface area contributed by atoms with Crippen molar-refractivity contribution in [1.29, 1.82) is 0 Å². The Kier molecular flexibility index (Phi) is 4.82. The first-order valence-corrected chi connectivity index (χ1v) is 9.86. The first kappa shape index (κ1) is 17.9. The van der Waals surface area contributed by atoms with Gasteiger partial charge in [0.1, 0.15) is 11.3 Å². The number of aryl methyl sites for hydroxylation is 2. The monoisotopic (exact) mass is 428 g/mol. The highest BCUT2D eigenvalue weighted by molar-refractivity contribution is 9.10. The zero-order valence-electron chi connectivity index (χ0n) is 15.4. The van der Waals surface area contributed by atoms with Crippen LogP contribution in [0.1, 0.15) is 28.7 Å². The number of rotatable bonds is 3. The highest BCUT2D eigenvalue weighted by atomic mass is 79.9. The maximum atomic E-state index is 13.3. The van der Waals surface area contributed by atoms with Crippen LogP contribution in [0.2, 0.25) is 0 Å². The molecule has 8 heteroatoms. The number of carbonyl (C=O) groups excluding carboxylic acids is 1. The van der Waals surface area contributed by atoms with Gasteiger partial charge in [-0.25, -0.2) is 15.0 Å². The van der Waals surface area contributed by atoms with Crippen molar-refractivity contribution in [1.82, 2.24) is 24.3 Å². The number of fused-ring (bicyclic) bond motifs is 1. The number of amides is 1. The van der Waals surface area contributed by atoms with Gasteiger partial charge in [0.2, 0.25) is 5.95 Å². The Balaban J connectivity index is 1.60. The van der Waals surface area contributed by atoms with E-state index in [-0.39, 0.29) is 5.91 Å². The zero-order valence-corrected chi connectivity index (χ0v) is 17.0. The lowest BCUT2D eigenvalue weighted by Gasteiger charge is -2.34. The van der Waals surface area contributed by atoms with Crippen molar-refractivity contribution in [3.05, 3.63) is 52.1 Å². The smallest absolute Gasteiger partial charge is 0.272 e. The molecular weight excluding hydrogens is 408 g/mol. The molecule has 4 rings (SSSR count). The lowest BCUT2D eigenvalue weighted by Crippen LogP contribution is -2.49. The second-order valence-corrected chi connectivity index (χ2v) is 7.54. The summed E-state index contributed by atoms with van der Waals surface area (Å²) in [7, 11) is 0. The summed E-state index contributed by atoms with van der Waals surface area (Å²) < 4.78 is 2.86. The molecule has 1 fully saturated rings. The van der Waals surface area contributed by atoms with Crippen molar-refractivity contribution in [2.75, 3.05) is 31.1 Å². The standard InChI is InChI=1S/C19H21BrN6O/c1-3-15-16(26-12-14(20)11-13(2)17(26)23-15)18(27)24-7-9-25(10-8-24)19-21-5-4-6-22-19/h4-6,11-12H,3,7-10H2,1-2H3. The molecule has 3 aromatic heterocycles. The number of hydrogen-bond donors (Lipinski definition) is 0. The fraction of sp³-hybridized carbons (Fsp3) is 0.368. The zero-order chi connectivity index (χ0) is 19.0. The molecule has 140 valence electrons. The molecule has 1 saturated heterocycles. The molecule has 0 aromatic carbocycles. The van der Waals surface area contributed by atoms with E-state index < -0.39 is 0 Å². The van der Waals surface area contributed by atoms with Gasteiger partial charge in [0.15, 0.2) is 0 Å². The van der Waals surface area contributed by atoms with Gasteiger partial charge in [-0.2, -0.15) is 0 Å². The molecule has 1 aliphatic rings. The van der Waals surface area contributed by atoms with E-state index in [9.17, 15) is 4.79 Å². The first-order valence-electron chi connectivity index (χ1n) is 9.06. The Morgan fingerprint density at radius 2 is 1.89 bits per heavy atom. The number of pyridine rings is 1. The van der Waals surface area contributed by atoms with Crippen LogP contribution in [0.4, 0.5) is 5.95 Å². The average Bonchev–Trinajstić information content (AvgIpc) is 3.07. The number of piperazine rings is 1.